The highest BCUT2D eigenvalue weighted by Crippen LogP contribution is 2.45. The first-order chi connectivity index (χ1) is 6.85. The zero-order valence-corrected chi connectivity index (χ0v) is 10.2. The predicted molar refractivity (Wildman–Crippen MR) is 61.7 cm³/mol. The van der Waals surface area contributed by atoms with Gasteiger partial charge in [-0.15, -0.1) is 0 Å². The van der Waals surface area contributed by atoms with Crippen molar-refractivity contribution in [3.05, 3.63) is 11.6 Å². The molecule has 2 atom stereocenters. The fourth-order valence-corrected chi connectivity index (χ4v) is 2.42. The van der Waals surface area contributed by atoms with Crippen LogP contribution in [0.3, 0.4) is 0 Å². The molecule has 2 nitrogen and oxygen atoms in total. The lowest BCUT2D eigenvalue weighted by molar-refractivity contribution is -0.132. The van der Waals surface area contributed by atoms with Crippen LogP contribution in [0.1, 0.15) is 47.0 Å². The summed E-state index contributed by atoms with van der Waals surface area (Å²) < 4.78 is 0. The number of hydrogen-bond acceptors (Lipinski definition) is 1. The summed E-state index contributed by atoms with van der Waals surface area (Å²) in [5, 5.41) is 8.88. The van der Waals surface area contributed by atoms with E-state index in [1.807, 2.05) is 6.08 Å². The number of allylic oxidation sites excluding steroid dienone is 1. The molecule has 1 fully saturated rings. The van der Waals surface area contributed by atoms with Crippen LogP contribution in [0.25, 0.3) is 0 Å². The second kappa shape index (κ2) is 4.38. The van der Waals surface area contributed by atoms with Gasteiger partial charge in [-0.25, -0.2) is 4.79 Å². The summed E-state index contributed by atoms with van der Waals surface area (Å²) in [5.41, 5.74) is 0.719. The van der Waals surface area contributed by atoms with Crippen LogP contribution in [-0.4, -0.2) is 11.1 Å². The molecule has 0 aromatic heterocycles. The van der Waals surface area contributed by atoms with Crippen molar-refractivity contribution in [2.24, 2.45) is 17.3 Å². The molecule has 0 aliphatic heterocycles. The molecule has 0 radical (unpaired) electrons. The topological polar surface area (TPSA) is 37.3 Å². The lowest BCUT2D eigenvalue weighted by Gasteiger charge is -2.42. The minimum atomic E-state index is -0.788. The van der Waals surface area contributed by atoms with Gasteiger partial charge in [0.15, 0.2) is 0 Å². The molecule has 15 heavy (non-hydrogen) atoms. The van der Waals surface area contributed by atoms with Gasteiger partial charge in [0.2, 0.25) is 0 Å². The van der Waals surface area contributed by atoms with Crippen molar-refractivity contribution < 1.29 is 9.90 Å². The third-order valence-electron chi connectivity index (χ3n) is 4.17. The molecule has 0 bridgehead atoms. The van der Waals surface area contributed by atoms with Gasteiger partial charge in [-0.1, -0.05) is 39.7 Å². The molecule has 0 amide bonds. The van der Waals surface area contributed by atoms with Crippen molar-refractivity contribution in [1.82, 2.24) is 0 Å². The molecule has 0 aromatic rings. The Morgan fingerprint density at radius 3 is 2.53 bits per heavy atom. The van der Waals surface area contributed by atoms with Crippen molar-refractivity contribution in [3.63, 3.8) is 0 Å². The van der Waals surface area contributed by atoms with E-state index < -0.39 is 5.97 Å². The zero-order chi connectivity index (χ0) is 11.6. The number of carboxylic acid groups (broad SMARTS) is 1. The maximum atomic E-state index is 10.8. The van der Waals surface area contributed by atoms with E-state index in [2.05, 4.69) is 20.8 Å². The molecule has 1 rings (SSSR count). The summed E-state index contributed by atoms with van der Waals surface area (Å²) in [6.07, 6.45) is 5.57. The van der Waals surface area contributed by atoms with Crippen molar-refractivity contribution in [2.75, 3.05) is 0 Å². The standard InChI is InChI=1S/C13H22O2/c1-9(12(14)15)8-11-7-5-6-10(2)13(11,3)4/h8,10-11H,5-7H2,1-4H3,(H,14,15). The summed E-state index contributed by atoms with van der Waals surface area (Å²) in [6, 6.07) is 0. The molecule has 1 aliphatic carbocycles. The van der Waals surface area contributed by atoms with Gasteiger partial charge >= 0.3 is 5.97 Å². The molecule has 86 valence electrons. The number of aliphatic carboxylic acids is 1. The molecule has 2 heteroatoms. The Labute approximate surface area is 92.4 Å². The molecular formula is C13H22O2. The van der Waals surface area contributed by atoms with E-state index in [4.69, 9.17) is 5.11 Å². The van der Waals surface area contributed by atoms with E-state index in [-0.39, 0.29) is 5.41 Å². The Morgan fingerprint density at radius 2 is 2.00 bits per heavy atom. The normalized spacial score (nSPS) is 31.3. The van der Waals surface area contributed by atoms with Gasteiger partial charge in [0.1, 0.15) is 0 Å². The lowest BCUT2D eigenvalue weighted by atomic mass is 9.62. The van der Waals surface area contributed by atoms with Gasteiger partial charge in [0, 0.05) is 5.57 Å². The van der Waals surface area contributed by atoms with Gasteiger partial charge < -0.3 is 5.11 Å². The average molecular weight is 210 g/mol. The Kier molecular flexibility index (Phi) is 3.58. The van der Waals surface area contributed by atoms with Gasteiger partial charge in [-0.05, 0) is 30.6 Å². The largest absolute Gasteiger partial charge is 0.478 e. The highest BCUT2D eigenvalue weighted by molar-refractivity contribution is 5.85. The van der Waals surface area contributed by atoms with Crippen LogP contribution >= 0.6 is 0 Å². The summed E-state index contributed by atoms with van der Waals surface area (Å²) >= 11 is 0. The fourth-order valence-electron chi connectivity index (χ4n) is 2.42. The first kappa shape index (κ1) is 12.3. The molecule has 1 saturated carbocycles. The van der Waals surface area contributed by atoms with E-state index in [0.29, 0.717) is 17.4 Å². The Bertz CT molecular complexity index is 276. The maximum absolute atomic E-state index is 10.8. The van der Waals surface area contributed by atoms with Gasteiger partial charge in [0.25, 0.3) is 0 Å². The summed E-state index contributed by atoms with van der Waals surface area (Å²) in [5.74, 6) is 0.301. The minimum absolute atomic E-state index is 0.231. The Balaban J connectivity index is 2.85. The lowest BCUT2D eigenvalue weighted by Crippen LogP contribution is -2.34. The van der Waals surface area contributed by atoms with Crippen molar-refractivity contribution in [3.8, 4) is 0 Å². The monoisotopic (exact) mass is 210 g/mol. The predicted octanol–water partition coefficient (Wildman–Crippen LogP) is 3.48. The summed E-state index contributed by atoms with van der Waals surface area (Å²) in [4.78, 5) is 10.8. The number of hydrogen-bond donors (Lipinski definition) is 1. The Morgan fingerprint density at radius 1 is 1.40 bits per heavy atom. The highest BCUT2D eigenvalue weighted by Gasteiger charge is 2.36. The second-order valence-electron chi connectivity index (χ2n) is 5.41. The molecule has 2 unspecified atom stereocenters. The molecular weight excluding hydrogens is 188 g/mol. The van der Waals surface area contributed by atoms with E-state index in [1.165, 1.54) is 12.8 Å². The molecule has 1 N–H and O–H groups in total. The van der Waals surface area contributed by atoms with Crippen LogP contribution in [0.15, 0.2) is 11.6 Å². The van der Waals surface area contributed by atoms with Crippen LogP contribution in [0.4, 0.5) is 0 Å². The average Bonchev–Trinajstić information content (AvgIpc) is 2.13. The van der Waals surface area contributed by atoms with E-state index in [1.54, 1.807) is 6.92 Å². The number of rotatable bonds is 2. The van der Waals surface area contributed by atoms with Crippen molar-refractivity contribution in [1.29, 1.82) is 0 Å². The zero-order valence-electron chi connectivity index (χ0n) is 10.2. The van der Waals surface area contributed by atoms with Crippen LogP contribution in [-0.2, 0) is 4.79 Å². The number of carboxylic acids is 1. The van der Waals surface area contributed by atoms with Crippen LogP contribution in [0, 0.1) is 17.3 Å². The maximum Gasteiger partial charge on any atom is 0.330 e. The molecule has 0 saturated heterocycles. The molecule has 0 spiro atoms. The van der Waals surface area contributed by atoms with Gasteiger partial charge in [-0.2, -0.15) is 0 Å². The van der Waals surface area contributed by atoms with Crippen molar-refractivity contribution >= 4 is 5.97 Å². The minimum Gasteiger partial charge on any atom is -0.478 e. The van der Waals surface area contributed by atoms with Crippen LogP contribution in [0.2, 0.25) is 0 Å². The third-order valence-corrected chi connectivity index (χ3v) is 4.17. The smallest absolute Gasteiger partial charge is 0.330 e. The molecule has 0 heterocycles. The van der Waals surface area contributed by atoms with E-state index >= 15 is 0 Å². The molecule has 0 aromatic carbocycles. The third kappa shape index (κ3) is 2.61. The first-order valence-corrected chi connectivity index (χ1v) is 5.77. The van der Waals surface area contributed by atoms with E-state index in [0.717, 1.165) is 6.42 Å². The van der Waals surface area contributed by atoms with Crippen LogP contribution < -0.4 is 0 Å². The van der Waals surface area contributed by atoms with Gasteiger partial charge in [-0.3, -0.25) is 0 Å². The van der Waals surface area contributed by atoms with Gasteiger partial charge in [0.05, 0.1) is 0 Å². The van der Waals surface area contributed by atoms with Crippen LogP contribution in [0.5, 0.6) is 0 Å². The highest BCUT2D eigenvalue weighted by atomic mass is 16.4. The molecule has 1 aliphatic rings. The Hall–Kier alpha value is -0.790. The quantitative estimate of drug-likeness (QED) is 0.708. The van der Waals surface area contributed by atoms with E-state index in [9.17, 15) is 4.79 Å². The van der Waals surface area contributed by atoms with Crippen molar-refractivity contribution in [2.45, 2.75) is 47.0 Å². The fraction of sp³-hybridized carbons (Fsp3) is 0.769. The first-order valence-electron chi connectivity index (χ1n) is 5.77. The summed E-state index contributed by atoms with van der Waals surface area (Å²) in [7, 11) is 0. The second-order valence-corrected chi connectivity index (χ2v) is 5.41. The SMILES string of the molecule is CC(=CC1CCCC(C)C1(C)C)C(=O)O. The number of carbonyl (C=O) groups is 1. The summed E-state index contributed by atoms with van der Waals surface area (Å²) in [6.45, 7) is 8.48.